The van der Waals surface area contributed by atoms with Crippen LogP contribution in [0.25, 0.3) is 0 Å². The summed E-state index contributed by atoms with van der Waals surface area (Å²) >= 11 is 0. The summed E-state index contributed by atoms with van der Waals surface area (Å²) in [7, 11) is 0. The third-order valence-electron chi connectivity index (χ3n) is 3.70. The highest BCUT2D eigenvalue weighted by Crippen LogP contribution is 2.64. The fraction of sp³-hybridized carbons (Fsp3) is 0.769. The van der Waals surface area contributed by atoms with Crippen LogP contribution in [0.1, 0.15) is 6.92 Å². The van der Waals surface area contributed by atoms with Crippen molar-refractivity contribution in [3.63, 3.8) is 0 Å². The van der Waals surface area contributed by atoms with Crippen molar-refractivity contribution in [1.29, 1.82) is 0 Å². The summed E-state index contributed by atoms with van der Waals surface area (Å²) in [5.41, 5.74) is -1.31. The topological polar surface area (TPSA) is 46.5 Å². The lowest BCUT2D eigenvalue weighted by Crippen LogP contribution is -2.76. The molecule has 21 heteroatoms. The Morgan fingerprint density at radius 3 is 1.12 bits per heavy atom. The van der Waals surface area contributed by atoms with Gasteiger partial charge in [0.15, 0.2) is 0 Å². The number of carbonyl (C=O) groups is 1. The average molecular weight is 552 g/mol. The third kappa shape index (κ3) is 4.01. The summed E-state index contributed by atoms with van der Waals surface area (Å²) in [6, 6.07) is 0. The van der Waals surface area contributed by atoms with Crippen molar-refractivity contribution in [2.24, 2.45) is 0 Å². The van der Waals surface area contributed by atoms with Crippen LogP contribution in [0.5, 0.6) is 0 Å². The van der Waals surface area contributed by atoms with Crippen LogP contribution in [-0.2, 0) is 9.53 Å². The summed E-state index contributed by atoms with van der Waals surface area (Å²) in [6.07, 6.45) is -15.0. The maximum Gasteiger partial charge on any atom is 0.468 e. The van der Waals surface area contributed by atoms with Gasteiger partial charge in [-0.1, -0.05) is 6.58 Å². The van der Waals surface area contributed by atoms with E-state index in [1.165, 1.54) is 0 Å². The Hall–Kier alpha value is -2.09. The first-order chi connectivity index (χ1) is 14.3. The SMILES string of the molecule is C=C(C)C(=O)OC(F)(F)C(O)(F)C(F)(F)C(F)(F)C(F)(F)C(F)(F)C(F)(F)C(F)(F)C(F)(F)F. The fourth-order valence-corrected chi connectivity index (χ4v) is 1.63. The van der Waals surface area contributed by atoms with E-state index in [0.717, 1.165) is 0 Å². The molecule has 0 aromatic carbocycles. The molecule has 0 aromatic heterocycles. The minimum Gasteiger partial charge on any atom is -0.393 e. The summed E-state index contributed by atoms with van der Waals surface area (Å²) in [5, 5.41) is 8.41. The molecular weight excluding hydrogens is 546 g/mol. The average Bonchev–Trinajstić information content (AvgIpc) is 2.58. The molecule has 0 aliphatic carbocycles. The number of carbonyl (C=O) groups excluding carboxylic acids is 1. The number of halogens is 18. The van der Waals surface area contributed by atoms with Crippen LogP contribution in [0.4, 0.5) is 79.0 Å². The van der Waals surface area contributed by atoms with Gasteiger partial charge in [-0.3, -0.25) is 0 Å². The first-order valence-corrected chi connectivity index (χ1v) is 7.34. The maximum atomic E-state index is 13.6. The van der Waals surface area contributed by atoms with Gasteiger partial charge in [-0.25, -0.2) is 4.79 Å². The van der Waals surface area contributed by atoms with Gasteiger partial charge in [-0.05, 0) is 6.92 Å². The van der Waals surface area contributed by atoms with E-state index in [4.69, 9.17) is 5.11 Å². The molecule has 0 aliphatic heterocycles. The smallest absolute Gasteiger partial charge is 0.393 e. The van der Waals surface area contributed by atoms with Crippen molar-refractivity contribution < 1.29 is 93.7 Å². The molecule has 1 N–H and O–H groups in total. The molecule has 0 aliphatic rings. The van der Waals surface area contributed by atoms with Crippen LogP contribution in [0.3, 0.4) is 0 Å². The Morgan fingerprint density at radius 1 is 0.588 bits per heavy atom. The van der Waals surface area contributed by atoms with E-state index >= 15 is 0 Å². The summed E-state index contributed by atoms with van der Waals surface area (Å²) in [4.78, 5) is 10.8. The van der Waals surface area contributed by atoms with Gasteiger partial charge in [-0.2, -0.15) is 79.0 Å². The summed E-state index contributed by atoms with van der Waals surface area (Å²) in [5.74, 6) is -62.7. The molecule has 0 spiro atoms. The van der Waals surface area contributed by atoms with Gasteiger partial charge in [-0.15, -0.1) is 0 Å². The molecule has 1 atom stereocenters. The normalized spacial score (nSPS) is 17.3. The Labute approximate surface area is 173 Å². The van der Waals surface area contributed by atoms with Crippen LogP contribution < -0.4 is 0 Å². The highest BCUT2D eigenvalue weighted by atomic mass is 19.4. The van der Waals surface area contributed by atoms with Gasteiger partial charge in [0.1, 0.15) is 0 Å². The molecule has 0 rings (SSSR count). The Balaban J connectivity index is 6.88. The van der Waals surface area contributed by atoms with Crippen LogP contribution in [0.15, 0.2) is 12.2 Å². The second-order valence-corrected chi connectivity index (χ2v) is 6.25. The van der Waals surface area contributed by atoms with E-state index in [1.807, 2.05) is 0 Å². The number of aliphatic hydroxyl groups is 1. The second-order valence-electron chi connectivity index (χ2n) is 6.25. The standard InChI is InChI=1S/C13H6F18O3/c1-3(2)4(32)34-13(30,31)11(26,33)9(22,23)7(18,19)5(14,15)6(16,17)8(20,21)10(24,25)12(27,28)29/h33H,1H2,2H3. The van der Waals surface area contributed by atoms with Crippen molar-refractivity contribution in [3.05, 3.63) is 12.2 Å². The van der Waals surface area contributed by atoms with Crippen molar-refractivity contribution >= 4 is 5.97 Å². The Morgan fingerprint density at radius 2 is 0.853 bits per heavy atom. The molecule has 0 fully saturated rings. The number of esters is 1. The molecule has 0 heterocycles. The van der Waals surface area contributed by atoms with Gasteiger partial charge < -0.3 is 9.84 Å². The zero-order valence-corrected chi connectivity index (χ0v) is 15.3. The number of ether oxygens (including phenoxy) is 1. The number of hydrogen-bond acceptors (Lipinski definition) is 3. The number of alkyl halides is 18. The highest BCUT2D eigenvalue weighted by Gasteiger charge is 2.96. The van der Waals surface area contributed by atoms with Gasteiger partial charge in [0.05, 0.1) is 0 Å². The zero-order chi connectivity index (χ0) is 28.4. The van der Waals surface area contributed by atoms with Crippen LogP contribution >= 0.6 is 0 Å². The van der Waals surface area contributed by atoms with Crippen LogP contribution in [0, 0.1) is 0 Å². The zero-order valence-electron chi connectivity index (χ0n) is 15.3. The molecule has 0 aromatic rings. The van der Waals surface area contributed by atoms with E-state index in [0.29, 0.717) is 6.92 Å². The monoisotopic (exact) mass is 552 g/mol. The van der Waals surface area contributed by atoms with Gasteiger partial charge >= 0.3 is 59.6 Å². The molecular formula is C13H6F18O3. The Bertz CT molecular complexity index is 808. The Kier molecular flexibility index (Phi) is 7.48. The third-order valence-corrected chi connectivity index (χ3v) is 3.70. The van der Waals surface area contributed by atoms with E-state index in [2.05, 4.69) is 11.3 Å². The van der Waals surface area contributed by atoms with E-state index < -0.39 is 65.2 Å². The fourth-order valence-electron chi connectivity index (χ4n) is 1.63. The largest absolute Gasteiger partial charge is 0.468 e. The predicted octanol–water partition coefficient (Wildman–Crippen LogP) is 5.73. The van der Waals surface area contributed by atoms with Crippen molar-refractivity contribution in [3.8, 4) is 0 Å². The van der Waals surface area contributed by atoms with Gasteiger partial charge in [0.2, 0.25) is 0 Å². The lowest BCUT2D eigenvalue weighted by atomic mass is 9.88. The van der Waals surface area contributed by atoms with E-state index in [1.54, 1.807) is 0 Å². The second kappa shape index (κ2) is 7.97. The highest BCUT2D eigenvalue weighted by molar-refractivity contribution is 5.87. The molecule has 0 saturated carbocycles. The number of hydrogen-bond donors (Lipinski definition) is 1. The van der Waals surface area contributed by atoms with Crippen LogP contribution in [0.2, 0.25) is 0 Å². The molecule has 34 heavy (non-hydrogen) atoms. The maximum absolute atomic E-state index is 13.6. The molecule has 0 amide bonds. The summed E-state index contributed by atoms with van der Waals surface area (Å²) < 4.78 is 237. The van der Waals surface area contributed by atoms with E-state index in [-0.39, 0.29) is 0 Å². The molecule has 0 bridgehead atoms. The minimum absolute atomic E-state index is 0.375. The molecule has 3 nitrogen and oxygen atoms in total. The predicted molar refractivity (Wildman–Crippen MR) is 67.6 cm³/mol. The van der Waals surface area contributed by atoms with Crippen molar-refractivity contribution in [2.75, 3.05) is 0 Å². The quantitative estimate of drug-likeness (QED) is 0.226. The van der Waals surface area contributed by atoms with E-state index in [9.17, 15) is 83.8 Å². The molecule has 0 saturated heterocycles. The molecule has 1 unspecified atom stereocenters. The van der Waals surface area contributed by atoms with Gasteiger partial charge in [0.25, 0.3) is 0 Å². The van der Waals surface area contributed by atoms with Gasteiger partial charge in [0, 0.05) is 5.57 Å². The number of rotatable bonds is 9. The molecule has 202 valence electrons. The van der Waals surface area contributed by atoms with Crippen molar-refractivity contribution in [1.82, 2.24) is 0 Å². The van der Waals surface area contributed by atoms with Crippen molar-refractivity contribution in [2.45, 2.75) is 60.6 Å². The lowest BCUT2D eigenvalue weighted by molar-refractivity contribution is -0.487. The first-order valence-electron chi connectivity index (χ1n) is 7.34. The lowest BCUT2D eigenvalue weighted by Gasteiger charge is -2.43. The molecule has 0 radical (unpaired) electrons. The summed E-state index contributed by atoms with van der Waals surface area (Å²) in [6.45, 7) is 2.84. The first kappa shape index (κ1) is 31.9. The minimum atomic E-state index is -8.95. The van der Waals surface area contributed by atoms with Crippen LogP contribution in [-0.4, -0.2) is 64.8 Å².